The lowest BCUT2D eigenvalue weighted by Gasteiger charge is -2.43. The first-order valence-corrected chi connectivity index (χ1v) is 10.6. The standard InChI is InChI=1S/C24H25ClN2O4/c1-14(23(29)30)15-5-7-16(8-6-15)24(11-4-12-24)26-22(28)19-13-17-18(27(19)2)9-10-20(31-3)21(17)25/h5-10,13-14H,4,11-12H2,1-3H3,(H,26,28)(H,29,30). The molecule has 0 aliphatic heterocycles. The average Bonchev–Trinajstić information content (AvgIpc) is 3.08. The van der Waals surface area contributed by atoms with Crippen molar-refractivity contribution in [3.05, 3.63) is 64.3 Å². The van der Waals surface area contributed by atoms with E-state index in [0.29, 0.717) is 16.5 Å². The molecule has 162 valence electrons. The number of nitrogens with one attached hydrogen (secondary N) is 1. The average molecular weight is 441 g/mol. The van der Waals surface area contributed by atoms with Gasteiger partial charge in [0.05, 0.1) is 29.1 Å². The number of aromatic nitrogens is 1. The smallest absolute Gasteiger partial charge is 0.310 e. The number of aliphatic carboxylic acids is 1. The van der Waals surface area contributed by atoms with Gasteiger partial charge in [-0.2, -0.15) is 0 Å². The fourth-order valence-corrected chi connectivity index (χ4v) is 4.55. The summed E-state index contributed by atoms with van der Waals surface area (Å²) < 4.78 is 7.12. The molecular formula is C24H25ClN2O4. The Morgan fingerprint density at radius 1 is 1.19 bits per heavy atom. The van der Waals surface area contributed by atoms with Gasteiger partial charge in [-0.15, -0.1) is 0 Å². The summed E-state index contributed by atoms with van der Waals surface area (Å²) in [6, 6.07) is 13.0. The lowest BCUT2D eigenvalue weighted by atomic mass is 9.71. The Bertz CT molecular complexity index is 1160. The second kappa shape index (κ2) is 7.93. The minimum atomic E-state index is -0.856. The van der Waals surface area contributed by atoms with E-state index >= 15 is 0 Å². The van der Waals surface area contributed by atoms with Crippen LogP contribution in [0.5, 0.6) is 5.75 Å². The van der Waals surface area contributed by atoms with Crippen molar-refractivity contribution in [1.29, 1.82) is 0 Å². The van der Waals surface area contributed by atoms with Gasteiger partial charge in [-0.05, 0) is 55.5 Å². The van der Waals surface area contributed by atoms with Crippen molar-refractivity contribution >= 4 is 34.4 Å². The number of carbonyl (C=O) groups is 2. The highest BCUT2D eigenvalue weighted by molar-refractivity contribution is 6.37. The number of carboxylic acid groups (broad SMARTS) is 1. The van der Waals surface area contributed by atoms with Gasteiger partial charge in [0.2, 0.25) is 0 Å². The summed E-state index contributed by atoms with van der Waals surface area (Å²) in [5.74, 6) is -1.03. The molecule has 1 saturated carbocycles. The van der Waals surface area contributed by atoms with Crippen LogP contribution in [0.15, 0.2) is 42.5 Å². The van der Waals surface area contributed by atoms with Gasteiger partial charge in [-0.25, -0.2) is 0 Å². The maximum Gasteiger partial charge on any atom is 0.310 e. The maximum atomic E-state index is 13.3. The molecule has 3 aromatic rings. The maximum absolute atomic E-state index is 13.3. The molecule has 0 radical (unpaired) electrons. The Balaban J connectivity index is 1.63. The molecule has 1 amide bonds. The van der Waals surface area contributed by atoms with Gasteiger partial charge in [-0.1, -0.05) is 35.9 Å². The quantitative estimate of drug-likeness (QED) is 0.574. The van der Waals surface area contributed by atoms with Crippen molar-refractivity contribution in [2.24, 2.45) is 7.05 Å². The summed E-state index contributed by atoms with van der Waals surface area (Å²) in [4.78, 5) is 24.5. The van der Waals surface area contributed by atoms with Gasteiger partial charge in [0, 0.05) is 12.4 Å². The van der Waals surface area contributed by atoms with Gasteiger partial charge in [0.1, 0.15) is 11.4 Å². The van der Waals surface area contributed by atoms with Crippen LogP contribution in [0.25, 0.3) is 10.9 Å². The summed E-state index contributed by atoms with van der Waals surface area (Å²) in [6.45, 7) is 1.67. The predicted octanol–water partition coefficient (Wildman–Crippen LogP) is 4.84. The van der Waals surface area contributed by atoms with Crippen molar-refractivity contribution in [2.75, 3.05) is 7.11 Å². The second-order valence-electron chi connectivity index (χ2n) is 8.17. The molecule has 2 N–H and O–H groups in total. The highest BCUT2D eigenvalue weighted by Gasteiger charge is 2.40. The monoisotopic (exact) mass is 440 g/mol. The molecule has 1 atom stereocenters. The third kappa shape index (κ3) is 3.55. The largest absolute Gasteiger partial charge is 0.495 e. The number of fused-ring (bicyclic) bond motifs is 1. The molecule has 1 fully saturated rings. The Labute approximate surface area is 185 Å². The molecule has 0 spiro atoms. The van der Waals surface area contributed by atoms with Crippen LogP contribution in [0.2, 0.25) is 5.02 Å². The first kappa shape index (κ1) is 21.2. The number of carboxylic acids is 1. The predicted molar refractivity (Wildman–Crippen MR) is 120 cm³/mol. The van der Waals surface area contributed by atoms with Gasteiger partial charge in [0.25, 0.3) is 5.91 Å². The third-order valence-corrected chi connectivity index (χ3v) is 6.86. The number of amides is 1. The molecule has 1 aliphatic rings. The Kier molecular flexibility index (Phi) is 5.43. The molecule has 4 rings (SSSR count). The summed E-state index contributed by atoms with van der Waals surface area (Å²) >= 11 is 6.45. The van der Waals surface area contributed by atoms with Gasteiger partial charge < -0.3 is 19.7 Å². The molecule has 31 heavy (non-hydrogen) atoms. The molecule has 0 saturated heterocycles. The number of rotatable bonds is 6. The van der Waals surface area contributed by atoms with Crippen molar-refractivity contribution < 1.29 is 19.4 Å². The van der Waals surface area contributed by atoms with Crippen molar-refractivity contribution in [3.8, 4) is 5.75 Å². The number of nitrogens with zero attached hydrogens (tertiary/aromatic N) is 1. The highest BCUT2D eigenvalue weighted by Crippen LogP contribution is 2.42. The molecular weight excluding hydrogens is 416 g/mol. The highest BCUT2D eigenvalue weighted by atomic mass is 35.5. The molecule has 7 heteroatoms. The Morgan fingerprint density at radius 2 is 1.87 bits per heavy atom. The van der Waals surface area contributed by atoms with Crippen molar-refractivity contribution in [1.82, 2.24) is 9.88 Å². The molecule has 2 aromatic carbocycles. The van der Waals surface area contributed by atoms with Crippen molar-refractivity contribution in [2.45, 2.75) is 37.6 Å². The SMILES string of the molecule is COc1ccc2c(cc(C(=O)NC3(c4ccc(C(C)C(=O)O)cc4)CCC3)n2C)c1Cl. The fraction of sp³-hybridized carbons (Fsp3) is 0.333. The van der Waals surface area contributed by atoms with Crippen LogP contribution in [-0.4, -0.2) is 28.7 Å². The lowest BCUT2D eigenvalue weighted by molar-refractivity contribution is -0.138. The molecule has 1 aromatic heterocycles. The summed E-state index contributed by atoms with van der Waals surface area (Å²) in [6.07, 6.45) is 2.70. The zero-order valence-corrected chi connectivity index (χ0v) is 18.5. The number of hydrogen-bond donors (Lipinski definition) is 2. The van der Waals surface area contributed by atoms with E-state index in [1.165, 1.54) is 0 Å². The molecule has 1 unspecified atom stereocenters. The van der Waals surface area contributed by atoms with Crippen LogP contribution in [0.1, 0.15) is 53.7 Å². The number of ether oxygens (including phenoxy) is 1. The number of aryl methyl sites for hydroxylation is 1. The third-order valence-electron chi connectivity index (χ3n) is 6.47. The van der Waals surface area contributed by atoms with E-state index in [-0.39, 0.29) is 5.91 Å². The minimum Gasteiger partial charge on any atom is -0.495 e. The van der Waals surface area contributed by atoms with E-state index in [1.54, 1.807) is 26.2 Å². The van der Waals surface area contributed by atoms with Crippen LogP contribution in [0.3, 0.4) is 0 Å². The van der Waals surface area contributed by atoms with Crippen LogP contribution in [0, 0.1) is 0 Å². The van der Waals surface area contributed by atoms with E-state index in [4.69, 9.17) is 16.3 Å². The van der Waals surface area contributed by atoms with Gasteiger partial charge in [0.15, 0.2) is 0 Å². The summed E-state index contributed by atoms with van der Waals surface area (Å²) in [5, 5.41) is 13.7. The van der Waals surface area contributed by atoms with Crippen LogP contribution < -0.4 is 10.1 Å². The van der Waals surface area contributed by atoms with Crippen LogP contribution in [0.4, 0.5) is 0 Å². The number of methoxy groups -OCH3 is 1. The number of hydrogen-bond acceptors (Lipinski definition) is 3. The molecule has 1 aliphatic carbocycles. The number of carbonyl (C=O) groups excluding carboxylic acids is 1. The number of benzene rings is 2. The second-order valence-corrected chi connectivity index (χ2v) is 8.55. The van der Waals surface area contributed by atoms with E-state index in [9.17, 15) is 14.7 Å². The number of halogens is 1. The Hall–Kier alpha value is -2.99. The summed E-state index contributed by atoms with van der Waals surface area (Å²) in [7, 11) is 3.40. The van der Waals surface area contributed by atoms with Crippen molar-refractivity contribution in [3.63, 3.8) is 0 Å². The Morgan fingerprint density at radius 3 is 2.42 bits per heavy atom. The normalized spacial score (nSPS) is 15.9. The first-order chi connectivity index (χ1) is 14.8. The van der Waals surface area contributed by atoms with Crippen LogP contribution >= 0.6 is 11.6 Å². The van der Waals surface area contributed by atoms with Gasteiger partial charge >= 0.3 is 5.97 Å². The van der Waals surface area contributed by atoms with E-state index in [1.807, 2.05) is 41.9 Å². The summed E-state index contributed by atoms with van der Waals surface area (Å²) in [5.41, 5.74) is 2.67. The first-order valence-electron chi connectivity index (χ1n) is 10.2. The van der Waals surface area contributed by atoms with E-state index in [2.05, 4.69) is 5.32 Å². The fourth-order valence-electron chi connectivity index (χ4n) is 4.26. The van der Waals surface area contributed by atoms with Crippen LogP contribution in [-0.2, 0) is 17.4 Å². The zero-order valence-electron chi connectivity index (χ0n) is 17.7. The van der Waals surface area contributed by atoms with Gasteiger partial charge in [-0.3, -0.25) is 9.59 Å². The zero-order chi connectivity index (χ0) is 22.3. The molecule has 6 nitrogen and oxygen atoms in total. The van der Waals surface area contributed by atoms with E-state index in [0.717, 1.165) is 41.3 Å². The molecule has 0 bridgehead atoms. The minimum absolute atomic E-state index is 0.170. The van der Waals surface area contributed by atoms with E-state index < -0.39 is 17.4 Å². The lowest BCUT2D eigenvalue weighted by Crippen LogP contribution is -2.51. The molecule has 1 heterocycles. The topological polar surface area (TPSA) is 80.6 Å².